The molecule has 3 rings (SSSR count). The van der Waals surface area contributed by atoms with Crippen LogP contribution in [0.5, 0.6) is 0 Å². The minimum absolute atomic E-state index is 0.428. The van der Waals surface area contributed by atoms with Crippen molar-refractivity contribution in [1.29, 1.82) is 0 Å². The Hall–Kier alpha value is -0.860. The smallest absolute Gasteiger partial charge is 0.0196 e. The first-order chi connectivity index (χ1) is 7.83. The summed E-state index contributed by atoms with van der Waals surface area (Å²) in [6, 6.07) is 11.3. The molecule has 0 aromatic heterocycles. The van der Waals surface area contributed by atoms with Crippen LogP contribution in [0.1, 0.15) is 24.3 Å². The van der Waals surface area contributed by atoms with Gasteiger partial charge in [-0.1, -0.05) is 30.3 Å². The molecule has 16 heavy (non-hydrogen) atoms. The SMILES string of the molecule is NC(CN1CC(c2ccccc2)C1)C1CC1. The summed E-state index contributed by atoms with van der Waals surface area (Å²) in [4.78, 5) is 2.50. The molecule has 2 N–H and O–H groups in total. The third-order valence-electron chi connectivity index (χ3n) is 3.92. The zero-order chi connectivity index (χ0) is 11.0. The molecule has 1 saturated heterocycles. The van der Waals surface area contributed by atoms with E-state index in [2.05, 4.69) is 35.2 Å². The average Bonchev–Trinajstić information content (AvgIpc) is 3.07. The Bertz CT molecular complexity index is 339. The van der Waals surface area contributed by atoms with Gasteiger partial charge in [-0.25, -0.2) is 0 Å². The Labute approximate surface area is 97.4 Å². The van der Waals surface area contributed by atoms with Crippen LogP contribution in [0, 0.1) is 5.92 Å². The molecule has 1 saturated carbocycles. The third kappa shape index (κ3) is 2.13. The van der Waals surface area contributed by atoms with E-state index in [4.69, 9.17) is 5.73 Å². The maximum Gasteiger partial charge on any atom is 0.0196 e. The average molecular weight is 216 g/mol. The molecule has 2 fully saturated rings. The molecular weight excluding hydrogens is 196 g/mol. The molecule has 2 heteroatoms. The minimum Gasteiger partial charge on any atom is -0.326 e. The second kappa shape index (κ2) is 4.19. The lowest BCUT2D eigenvalue weighted by Gasteiger charge is -2.41. The summed E-state index contributed by atoms with van der Waals surface area (Å²) < 4.78 is 0. The molecule has 1 unspecified atom stereocenters. The van der Waals surface area contributed by atoms with Crippen LogP contribution in [-0.2, 0) is 0 Å². The molecule has 2 aliphatic rings. The molecule has 0 spiro atoms. The molecular formula is C14H20N2. The summed E-state index contributed by atoms with van der Waals surface area (Å²) in [6.45, 7) is 3.50. The standard InChI is InChI=1S/C14H20N2/c15-14(12-6-7-12)10-16-8-13(9-16)11-4-2-1-3-5-11/h1-5,12-14H,6-10,15H2. The summed E-state index contributed by atoms with van der Waals surface area (Å²) in [6.07, 6.45) is 2.72. The first kappa shape index (κ1) is 10.3. The van der Waals surface area contributed by atoms with Crippen molar-refractivity contribution in [1.82, 2.24) is 4.90 Å². The Kier molecular flexibility index (Phi) is 2.70. The van der Waals surface area contributed by atoms with Crippen LogP contribution in [0.25, 0.3) is 0 Å². The van der Waals surface area contributed by atoms with E-state index in [9.17, 15) is 0 Å². The molecule has 1 heterocycles. The van der Waals surface area contributed by atoms with E-state index in [0.29, 0.717) is 6.04 Å². The second-order valence-corrected chi connectivity index (χ2v) is 5.33. The molecule has 0 amide bonds. The summed E-state index contributed by atoms with van der Waals surface area (Å²) in [5.74, 6) is 1.57. The van der Waals surface area contributed by atoms with Crippen LogP contribution in [0.15, 0.2) is 30.3 Å². The maximum absolute atomic E-state index is 6.13. The van der Waals surface area contributed by atoms with E-state index in [0.717, 1.165) is 18.4 Å². The van der Waals surface area contributed by atoms with Crippen molar-refractivity contribution in [3.05, 3.63) is 35.9 Å². The number of hydrogen-bond acceptors (Lipinski definition) is 2. The highest BCUT2D eigenvalue weighted by atomic mass is 15.2. The molecule has 0 radical (unpaired) electrons. The highest BCUT2D eigenvalue weighted by Gasteiger charge is 2.34. The fourth-order valence-electron chi connectivity index (χ4n) is 2.63. The lowest BCUT2D eigenvalue weighted by Crippen LogP contribution is -2.50. The van der Waals surface area contributed by atoms with Gasteiger partial charge in [-0.15, -0.1) is 0 Å². The topological polar surface area (TPSA) is 29.3 Å². The van der Waals surface area contributed by atoms with Crippen molar-refractivity contribution >= 4 is 0 Å². The summed E-state index contributed by atoms with van der Waals surface area (Å²) in [7, 11) is 0. The van der Waals surface area contributed by atoms with Gasteiger partial charge in [0, 0.05) is 31.6 Å². The predicted molar refractivity (Wildman–Crippen MR) is 66.3 cm³/mol. The molecule has 1 atom stereocenters. The molecule has 86 valence electrons. The first-order valence-corrected chi connectivity index (χ1v) is 6.36. The minimum atomic E-state index is 0.428. The summed E-state index contributed by atoms with van der Waals surface area (Å²) >= 11 is 0. The zero-order valence-electron chi connectivity index (χ0n) is 9.68. The van der Waals surface area contributed by atoms with Gasteiger partial charge in [-0.2, -0.15) is 0 Å². The van der Waals surface area contributed by atoms with Gasteiger partial charge in [-0.3, -0.25) is 0 Å². The van der Waals surface area contributed by atoms with Crippen LogP contribution in [0.2, 0.25) is 0 Å². The van der Waals surface area contributed by atoms with Crippen LogP contribution < -0.4 is 5.73 Å². The van der Waals surface area contributed by atoms with Crippen LogP contribution in [0.3, 0.4) is 0 Å². The Morgan fingerprint density at radius 2 is 1.88 bits per heavy atom. The number of hydrogen-bond donors (Lipinski definition) is 1. The number of nitrogens with zero attached hydrogens (tertiary/aromatic N) is 1. The molecule has 1 aliphatic heterocycles. The molecule has 1 aromatic rings. The lowest BCUT2D eigenvalue weighted by atomic mass is 9.91. The Balaban J connectivity index is 1.47. The third-order valence-corrected chi connectivity index (χ3v) is 3.92. The second-order valence-electron chi connectivity index (χ2n) is 5.33. The molecule has 2 nitrogen and oxygen atoms in total. The summed E-state index contributed by atoms with van der Waals surface area (Å²) in [5.41, 5.74) is 7.62. The number of nitrogens with two attached hydrogens (primary N) is 1. The summed E-state index contributed by atoms with van der Waals surface area (Å²) in [5, 5.41) is 0. The van der Waals surface area contributed by atoms with E-state index in [-0.39, 0.29) is 0 Å². The van der Waals surface area contributed by atoms with Gasteiger partial charge in [0.1, 0.15) is 0 Å². The molecule has 1 aromatic carbocycles. The largest absolute Gasteiger partial charge is 0.326 e. The van der Waals surface area contributed by atoms with Crippen molar-refractivity contribution in [2.24, 2.45) is 11.7 Å². The van der Waals surface area contributed by atoms with Gasteiger partial charge in [0.15, 0.2) is 0 Å². The number of benzene rings is 1. The molecule has 0 bridgehead atoms. The zero-order valence-corrected chi connectivity index (χ0v) is 9.68. The van der Waals surface area contributed by atoms with Gasteiger partial charge in [0.05, 0.1) is 0 Å². The van der Waals surface area contributed by atoms with Gasteiger partial charge in [0.2, 0.25) is 0 Å². The van der Waals surface area contributed by atoms with Crippen LogP contribution in [0.4, 0.5) is 0 Å². The van der Waals surface area contributed by atoms with Crippen molar-refractivity contribution < 1.29 is 0 Å². The van der Waals surface area contributed by atoms with Gasteiger partial charge in [-0.05, 0) is 24.3 Å². The monoisotopic (exact) mass is 216 g/mol. The first-order valence-electron chi connectivity index (χ1n) is 6.36. The van der Waals surface area contributed by atoms with Crippen LogP contribution >= 0.6 is 0 Å². The van der Waals surface area contributed by atoms with E-state index in [1.165, 1.54) is 31.5 Å². The van der Waals surface area contributed by atoms with Crippen molar-refractivity contribution in [3.63, 3.8) is 0 Å². The quantitative estimate of drug-likeness (QED) is 0.832. The van der Waals surface area contributed by atoms with Gasteiger partial charge in [0.25, 0.3) is 0 Å². The Morgan fingerprint density at radius 1 is 1.19 bits per heavy atom. The van der Waals surface area contributed by atoms with Crippen molar-refractivity contribution in [2.45, 2.75) is 24.8 Å². The van der Waals surface area contributed by atoms with E-state index < -0.39 is 0 Å². The van der Waals surface area contributed by atoms with Crippen LogP contribution in [-0.4, -0.2) is 30.6 Å². The number of likely N-dealkylation sites (tertiary alicyclic amines) is 1. The van der Waals surface area contributed by atoms with E-state index >= 15 is 0 Å². The Morgan fingerprint density at radius 3 is 2.50 bits per heavy atom. The van der Waals surface area contributed by atoms with E-state index in [1.54, 1.807) is 0 Å². The fourth-order valence-corrected chi connectivity index (χ4v) is 2.63. The maximum atomic E-state index is 6.13. The fraction of sp³-hybridized carbons (Fsp3) is 0.571. The lowest BCUT2D eigenvalue weighted by molar-refractivity contribution is 0.135. The molecule has 1 aliphatic carbocycles. The van der Waals surface area contributed by atoms with Gasteiger partial charge < -0.3 is 10.6 Å². The van der Waals surface area contributed by atoms with Crippen molar-refractivity contribution in [3.8, 4) is 0 Å². The van der Waals surface area contributed by atoms with Gasteiger partial charge >= 0.3 is 0 Å². The highest BCUT2D eigenvalue weighted by Crippen LogP contribution is 2.33. The number of rotatable bonds is 4. The van der Waals surface area contributed by atoms with E-state index in [1.807, 2.05) is 0 Å². The predicted octanol–water partition coefficient (Wildman–Crippen LogP) is 1.82. The normalized spacial score (nSPS) is 24.1. The highest BCUT2D eigenvalue weighted by molar-refractivity contribution is 5.22. The van der Waals surface area contributed by atoms with Crippen molar-refractivity contribution in [2.75, 3.05) is 19.6 Å².